The Labute approximate surface area is 97.1 Å². The molecule has 0 spiro atoms. The van der Waals surface area contributed by atoms with E-state index in [4.69, 9.17) is 0 Å². The van der Waals surface area contributed by atoms with Crippen LogP contribution in [0.3, 0.4) is 0 Å². The molecule has 4 nitrogen and oxygen atoms in total. The van der Waals surface area contributed by atoms with Crippen molar-refractivity contribution < 1.29 is 18.3 Å². The second-order valence-electron chi connectivity index (χ2n) is 3.71. The maximum absolute atomic E-state index is 12.2. The molecule has 0 aromatic carbocycles. The SMILES string of the molecule is C=CCC1(C(=O)O)Cc2ccsc2S1(=O)=O. The lowest BCUT2D eigenvalue weighted by molar-refractivity contribution is -0.139. The van der Waals surface area contributed by atoms with Crippen LogP contribution in [-0.2, 0) is 21.1 Å². The van der Waals surface area contributed by atoms with E-state index in [1.165, 1.54) is 6.08 Å². The van der Waals surface area contributed by atoms with Crippen molar-refractivity contribution in [2.75, 3.05) is 0 Å². The molecule has 16 heavy (non-hydrogen) atoms. The van der Waals surface area contributed by atoms with E-state index in [9.17, 15) is 18.3 Å². The monoisotopic (exact) mass is 258 g/mol. The van der Waals surface area contributed by atoms with Crippen LogP contribution in [0.25, 0.3) is 0 Å². The summed E-state index contributed by atoms with van der Waals surface area (Å²) in [4.78, 5) is 11.3. The number of aliphatic carboxylic acids is 1. The summed E-state index contributed by atoms with van der Waals surface area (Å²) in [6.45, 7) is 3.44. The van der Waals surface area contributed by atoms with E-state index in [1.807, 2.05) is 0 Å². The van der Waals surface area contributed by atoms with Crippen LogP contribution in [0.15, 0.2) is 28.3 Å². The van der Waals surface area contributed by atoms with Gasteiger partial charge in [-0.25, -0.2) is 8.42 Å². The first kappa shape index (κ1) is 11.3. The van der Waals surface area contributed by atoms with Gasteiger partial charge in [-0.2, -0.15) is 0 Å². The summed E-state index contributed by atoms with van der Waals surface area (Å²) in [6.07, 6.45) is 1.32. The summed E-state index contributed by atoms with van der Waals surface area (Å²) in [6, 6.07) is 1.67. The Morgan fingerprint density at radius 2 is 2.38 bits per heavy atom. The number of hydrogen-bond donors (Lipinski definition) is 1. The van der Waals surface area contributed by atoms with E-state index in [0.717, 1.165) is 11.3 Å². The number of hydrogen-bond acceptors (Lipinski definition) is 4. The molecule has 0 saturated carbocycles. The second-order valence-corrected chi connectivity index (χ2v) is 7.08. The molecule has 2 rings (SSSR count). The fourth-order valence-electron chi connectivity index (χ4n) is 1.96. The number of fused-ring (bicyclic) bond motifs is 1. The van der Waals surface area contributed by atoms with E-state index in [1.54, 1.807) is 11.4 Å². The molecule has 1 atom stereocenters. The lowest BCUT2D eigenvalue weighted by Gasteiger charge is -2.21. The Balaban J connectivity index is 2.66. The predicted octanol–water partition coefficient (Wildman–Crippen LogP) is 1.48. The summed E-state index contributed by atoms with van der Waals surface area (Å²) in [7, 11) is -3.78. The number of thiophene rings is 1. The normalized spacial score (nSPS) is 26.2. The molecule has 1 aliphatic heterocycles. The molecule has 1 aromatic heterocycles. The Hall–Kier alpha value is -1.14. The van der Waals surface area contributed by atoms with Gasteiger partial charge in [-0.3, -0.25) is 4.79 Å². The zero-order valence-electron chi connectivity index (χ0n) is 8.34. The Kier molecular flexibility index (Phi) is 2.43. The van der Waals surface area contributed by atoms with E-state index in [0.29, 0.717) is 5.56 Å². The highest BCUT2D eigenvalue weighted by Crippen LogP contribution is 2.44. The third-order valence-electron chi connectivity index (χ3n) is 2.80. The zero-order chi connectivity index (χ0) is 12.0. The summed E-state index contributed by atoms with van der Waals surface area (Å²) in [5, 5.41) is 10.9. The lowest BCUT2D eigenvalue weighted by atomic mass is 9.97. The molecule has 0 aliphatic carbocycles. The van der Waals surface area contributed by atoms with Crippen LogP contribution < -0.4 is 0 Å². The Morgan fingerprint density at radius 1 is 1.69 bits per heavy atom. The van der Waals surface area contributed by atoms with Crippen LogP contribution in [0.4, 0.5) is 0 Å². The van der Waals surface area contributed by atoms with Gasteiger partial charge < -0.3 is 5.11 Å². The molecule has 2 heterocycles. The van der Waals surface area contributed by atoms with Crippen molar-refractivity contribution in [3.8, 4) is 0 Å². The number of carbonyl (C=O) groups is 1. The van der Waals surface area contributed by atoms with Gasteiger partial charge in [0.15, 0.2) is 4.75 Å². The molecule has 0 bridgehead atoms. The highest BCUT2D eigenvalue weighted by molar-refractivity contribution is 7.95. The van der Waals surface area contributed by atoms with Crippen molar-refractivity contribution in [2.45, 2.75) is 21.8 Å². The molecular formula is C10H10O4S2. The van der Waals surface area contributed by atoms with Gasteiger partial charge in [0.05, 0.1) is 0 Å². The van der Waals surface area contributed by atoms with Crippen molar-refractivity contribution in [1.82, 2.24) is 0 Å². The lowest BCUT2D eigenvalue weighted by Crippen LogP contribution is -2.44. The first-order chi connectivity index (χ1) is 7.45. The first-order valence-corrected chi connectivity index (χ1v) is 6.97. The summed E-state index contributed by atoms with van der Waals surface area (Å²) in [5.74, 6) is -1.30. The van der Waals surface area contributed by atoms with Gasteiger partial charge in [0, 0.05) is 6.42 Å². The van der Waals surface area contributed by atoms with Crippen molar-refractivity contribution in [2.24, 2.45) is 0 Å². The maximum Gasteiger partial charge on any atom is 0.326 e. The molecule has 0 amide bonds. The van der Waals surface area contributed by atoms with Gasteiger partial charge in [0.1, 0.15) is 4.21 Å². The fourth-order valence-corrected chi connectivity index (χ4v) is 5.51. The molecule has 86 valence electrons. The minimum atomic E-state index is -3.78. The third-order valence-corrected chi connectivity index (χ3v) is 6.76. The van der Waals surface area contributed by atoms with Crippen molar-refractivity contribution >= 4 is 27.1 Å². The second kappa shape index (κ2) is 3.43. The minimum absolute atomic E-state index is 0.0372. The largest absolute Gasteiger partial charge is 0.480 e. The fraction of sp³-hybridized carbons (Fsp3) is 0.300. The predicted molar refractivity (Wildman–Crippen MR) is 60.4 cm³/mol. The third kappa shape index (κ3) is 1.20. The van der Waals surface area contributed by atoms with Gasteiger partial charge in [0.25, 0.3) is 0 Å². The summed E-state index contributed by atoms with van der Waals surface area (Å²) < 4.78 is 22.8. The van der Waals surface area contributed by atoms with Gasteiger partial charge in [0.2, 0.25) is 9.84 Å². The van der Waals surface area contributed by atoms with E-state index >= 15 is 0 Å². The van der Waals surface area contributed by atoms with E-state index in [-0.39, 0.29) is 17.1 Å². The molecule has 0 fully saturated rings. The quantitative estimate of drug-likeness (QED) is 0.833. The van der Waals surface area contributed by atoms with Gasteiger partial charge in [-0.15, -0.1) is 17.9 Å². The maximum atomic E-state index is 12.2. The number of carboxylic acid groups (broad SMARTS) is 1. The number of sulfone groups is 1. The van der Waals surface area contributed by atoms with Crippen molar-refractivity contribution in [3.63, 3.8) is 0 Å². The highest BCUT2D eigenvalue weighted by atomic mass is 32.2. The van der Waals surface area contributed by atoms with Crippen LogP contribution in [0.1, 0.15) is 12.0 Å². The zero-order valence-corrected chi connectivity index (χ0v) is 9.97. The number of allylic oxidation sites excluding steroid dienone is 1. The average molecular weight is 258 g/mol. The minimum Gasteiger partial charge on any atom is -0.480 e. The molecule has 6 heteroatoms. The molecule has 0 radical (unpaired) electrons. The molecular weight excluding hydrogens is 248 g/mol. The molecule has 1 aliphatic rings. The Morgan fingerprint density at radius 3 is 2.88 bits per heavy atom. The molecule has 0 saturated heterocycles. The molecule has 1 N–H and O–H groups in total. The average Bonchev–Trinajstić information content (AvgIpc) is 2.70. The first-order valence-electron chi connectivity index (χ1n) is 4.61. The summed E-state index contributed by atoms with van der Waals surface area (Å²) >= 11 is 1.08. The standard InChI is InChI=1S/C10H10O4S2/c1-2-4-10(9(11)12)6-7-3-5-15-8(7)16(10,13)14/h2-3,5H,1,4,6H2,(H,11,12). The molecule has 1 aromatic rings. The van der Waals surface area contributed by atoms with E-state index < -0.39 is 20.6 Å². The van der Waals surface area contributed by atoms with Crippen LogP contribution in [0.5, 0.6) is 0 Å². The van der Waals surface area contributed by atoms with Crippen LogP contribution >= 0.6 is 11.3 Å². The topological polar surface area (TPSA) is 71.4 Å². The van der Waals surface area contributed by atoms with Gasteiger partial charge in [-0.05, 0) is 23.4 Å². The summed E-state index contributed by atoms with van der Waals surface area (Å²) in [5.41, 5.74) is 0.606. The smallest absolute Gasteiger partial charge is 0.326 e. The van der Waals surface area contributed by atoms with Crippen LogP contribution in [0, 0.1) is 0 Å². The van der Waals surface area contributed by atoms with E-state index in [2.05, 4.69) is 6.58 Å². The van der Waals surface area contributed by atoms with Crippen molar-refractivity contribution in [1.29, 1.82) is 0 Å². The van der Waals surface area contributed by atoms with Gasteiger partial charge in [-0.1, -0.05) is 6.08 Å². The number of carboxylic acids is 1. The van der Waals surface area contributed by atoms with Crippen molar-refractivity contribution in [3.05, 3.63) is 29.7 Å². The number of rotatable bonds is 3. The van der Waals surface area contributed by atoms with Gasteiger partial charge >= 0.3 is 5.97 Å². The molecule has 1 unspecified atom stereocenters. The van der Waals surface area contributed by atoms with Crippen LogP contribution in [0.2, 0.25) is 0 Å². The highest BCUT2D eigenvalue weighted by Gasteiger charge is 2.57. The Bertz CT molecular complexity index is 555. The van der Waals surface area contributed by atoms with Crippen LogP contribution in [-0.4, -0.2) is 24.2 Å².